The lowest BCUT2D eigenvalue weighted by Crippen LogP contribution is -1.90. The molecule has 0 aliphatic heterocycles. The summed E-state index contributed by atoms with van der Waals surface area (Å²) < 4.78 is 0. The fourth-order valence-corrected chi connectivity index (χ4v) is 1.97. The lowest BCUT2D eigenvalue weighted by molar-refractivity contribution is 0.903. The van der Waals surface area contributed by atoms with Crippen LogP contribution in [0.4, 0.5) is 0 Å². The molecule has 1 aromatic rings. The minimum absolute atomic E-state index is 0.781. The fraction of sp³-hybridized carbons (Fsp3) is 0.364. The van der Waals surface area contributed by atoms with Gasteiger partial charge < -0.3 is 0 Å². The Kier molecular flexibility index (Phi) is 1.94. The van der Waals surface area contributed by atoms with E-state index in [4.69, 9.17) is 0 Å². The van der Waals surface area contributed by atoms with Crippen LogP contribution in [-0.4, -0.2) is 6.72 Å². The predicted molar refractivity (Wildman–Crippen MR) is 51.7 cm³/mol. The van der Waals surface area contributed by atoms with Gasteiger partial charge >= 0.3 is 0 Å². The molecule has 62 valence electrons. The highest BCUT2D eigenvalue weighted by atomic mass is 14.7. The van der Waals surface area contributed by atoms with E-state index in [1.165, 1.54) is 36.0 Å². The Hall–Kier alpha value is -1.11. The molecule has 12 heavy (non-hydrogen) atoms. The number of aryl methyl sites for hydroxylation is 1. The Morgan fingerprint density at radius 3 is 3.08 bits per heavy atom. The molecule has 0 unspecified atom stereocenters. The highest BCUT2D eigenvalue weighted by Crippen LogP contribution is 2.25. The summed E-state index contributed by atoms with van der Waals surface area (Å²) in [7, 11) is 0. The van der Waals surface area contributed by atoms with Crippen molar-refractivity contribution in [2.45, 2.75) is 25.8 Å². The average molecular weight is 159 g/mol. The molecule has 0 N–H and O–H groups in total. The standard InChI is InChI=1S/C11H13N/c1-12-8-10-6-2-4-9-5-3-7-11(9)10/h2,4,6H,1,3,5,7-8H2. The van der Waals surface area contributed by atoms with Crippen molar-refractivity contribution in [1.29, 1.82) is 0 Å². The summed E-state index contributed by atoms with van der Waals surface area (Å²) in [5.74, 6) is 0. The van der Waals surface area contributed by atoms with Crippen LogP contribution in [0.15, 0.2) is 23.2 Å². The number of hydrogen-bond acceptors (Lipinski definition) is 1. The van der Waals surface area contributed by atoms with Crippen LogP contribution < -0.4 is 0 Å². The first kappa shape index (κ1) is 7.53. The lowest BCUT2D eigenvalue weighted by Gasteiger charge is -2.04. The molecule has 1 aliphatic carbocycles. The molecule has 0 saturated carbocycles. The molecule has 0 bridgehead atoms. The number of benzene rings is 1. The maximum Gasteiger partial charge on any atom is 0.0635 e. The van der Waals surface area contributed by atoms with Gasteiger partial charge in [-0.1, -0.05) is 18.2 Å². The molecule has 1 nitrogen and oxygen atoms in total. The van der Waals surface area contributed by atoms with Crippen molar-refractivity contribution in [3.63, 3.8) is 0 Å². The number of nitrogens with zero attached hydrogens (tertiary/aromatic N) is 1. The van der Waals surface area contributed by atoms with E-state index in [0.717, 1.165) is 6.54 Å². The minimum atomic E-state index is 0.781. The number of rotatable bonds is 2. The molecule has 0 spiro atoms. The molecule has 0 fully saturated rings. The van der Waals surface area contributed by atoms with Gasteiger partial charge in [0.2, 0.25) is 0 Å². The molecule has 0 radical (unpaired) electrons. The molecule has 0 heterocycles. The van der Waals surface area contributed by atoms with E-state index in [1.54, 1.807) is 0 Å². The zero-order valence-corrected chi connectivity index (χ0v) is 7.21. The lowest BCUT2D eigenvalue weighted by atomic mass is 10.0. The first-order valence-corrected chi connectivity index (χ1v) is 4.44. The molecule has 2 rings (SSSR count). The van der Waals surface area contributed by atoms with Crippen LogP contribution in [0.3, 0.4) is 0 Å². The summed E-state index contributed by atoms with van der Waals surface area (Å²) in [6, 6.07) is 6.53. The maximum absolute atomic E-state index is 3.93. The second-order valence-electron chi connectivity index (χ2n) is 3.29. The number of hydrogen-bond donors (Lipinski definition) is 0. The fourth-order valence-electron chi connectivity index (χ4n) is 1.97. The van der Waals surface area contributed by atoms with Crippen LogP contribution in [0.1, 0.15) is 23.1 Å². The summed E-state index contributed by atoms with van der Waals surface area (Å²) in [4.78, 5) is 3.93. The molecule has 1 aliphatic rings. The Morgan fingerprint density at radius 1 is 1.33 bits per heavy atom. The summed E-state index contributed by atoms with van der Waals surface area (Å²) in [5, 5.41) is 0. The molecule has 0 atom stereocenters. The topological polar surface area (TPSA) is 12.4 Å². The third kappa shape index (κ3) is 1.15. The maximum atomic E-state index is 3.93. The van der Waals surface area contributed by atoms with Crippen molar-refractivity contribution in [3.05, 3.63) is 34.9 Å². The number of fused-ring (bicyclic) bond motifs is 1. The van der Waals surface area contributed by atoms with Crippen molar-refractivity contribution in [2.24, 2.45) is 4.99 Å². The monoisotopic (exact) mass is 159 g/mol. The van der Waals surface area contributed by atoms with Crippen molar-refractivity contribution in [2.75, 3.05) is 0 Å². The summed E-state index contributed by atoms with van der Waals surface area (Å²) >= 11 is 0. The zero-order chi connectivity index (χ0) is 8.39. The number of aliphatic imine (C=N–C) groups is 1. The predicted octanol–water partition coefficient (Wildman–Crippen LogP) is 2.38. The van der Waals surface area contributed by atoms with E-state index in [0.29, 0.717) is 0 Å². The van der Waals surface area contributed by atoms with Gasteiger partial charge in [0.15, 0.2) is 0 Å². The van der Waals surface area contributed by atoms with Gasteiger partial charge in [0.1, 0.15) is 0 Å². The Labute approximate surface area is 73.1 Å². The average Bonchev–Trinajstić information content (AvgIpc) is 2.53. The van der Waals surface area contributed by atoms with Gasteiger partial charge in [-0.15, -0.1) is 0 Å². The van der Waals surface area contributed by atoms with Crippen molar-refractivity contribution < 1.29 is 0 Å². The van der Waals surface area contributed by atoms with E-state index < -0.39 is 0 Å². The summed E-state index contributed by atoms with van der Waals surface area (Å²) in [6.07, 6.45) is 3.80. The van der Waals surface area contributed by atoms with Gasteiger partial charge in [-0.25, -0.2) is 0 Å². The smallest absolute Gasteiger partial charge is 0.0635 e. The largest absolute Gasteiger partial charge is 0.296 e. The van der Waals surface area contributed by atoms with Gasteiger partial charge in [0.25, 0.3) is 0 Å². The summed E-state index contributed by atoms with van der Waals surface area (Å²) in [5.41, 5.74) is 4.43. The Balaban J connectivity index is 2.42. The zero-order valence-electron chi connectivity index (χ0n) is 7.21. The molecule has 1 aromatic carbocycles. The minimum Gasteiger partial charge on any atom is -0.296 e. The van der Waals surface area contributed by atoms with Crippen LogP contribution >= 0.6 is 0 Å². The van der Waals surface area contributed by atoms with Crippen LogP contribution in [0.2, 0.25) is 0 Å². The Bertz CT molecular complexity index is 302. The van der Waals surface area contributed by atoms with Crippen molar-refractivity contribution >= 4 is 6.72 Å². The van der Waals surface area contributed by atoms with E-state index >= 15 is 0 Å². The second-order valence-corrected chi connectivity index (χ2v) is 3.29. The van der Waals surface area contributed by atoms with Crippen LogP contribution in [0.5, 0.6) is 0 Å². The molecule has 1 heteroatoms. The van der Waals surface area contributed by atoms with E-state index in [1.807, 2.05) is 0 Å². The van der Waals surface area contributed by atoms with Crippen molar-refractivity contribution in [3.8, 4) is 0 Å². The second kappa shape index (κ2) is 3.10. The van der Waals surface area contributed by atoms with Gasteiger partial charge in [-0.2, -0.15) is 0 Å². The van der Waals surface area contributed by atoms with Crippen LogP contribution in [0, 0.1) is 0 Å². The van der Waals surface area contributed by atoms with E-state index in [9.17, 15) is 0 Å². The first-order chi connectivity index (χ1) is 5.92. The molecule has 0 amide bonds. The van der Waals surface area contributed by atoms with Gasteiger partial charge in [0.05, 0.1) is 6.54 Å². The molecule has 0 aromatic heterocycles. The first-order valence-electron chi connectivity index (χ1n) is 4.44. The quantitative estimate of drug-likeness (QED) is 0.587. The molecular weight excluding hydrogens is 146 g/mol. The van der Waals surface area contributed by atoms with E-state index in [2.05, 4.69) is 29.9 Å². The third-order valence-electron chi connectivity index (χ3n) is 2.53. The highest BCUT2D eigenvalue weighted by molar-refractivity contribution is 5.39. The SMILES string of the molecule is C=NCc1cccc2c1CCC2. The Morgan fingerprint density at radius 2 is 2.25 bits per heavy atom. The van der Waals surface area contributed by atoms with Gasteiger partial charge in [-0.05, 0) is 42.7 Å². The highest BCUT2D eigenvalue weighted by Gasteiger charge is 2.12. The normalized spacial score (nSPS) is 14.3. The molecular formula is C11H13N. The summed E-state index contributed by atoms with van der Waals surface area (Å²) in [6.45, 7) is 4.31. The van der Waals surface area contributed by atoms with Crippen molar-refractivity contribution in [1.82, 2.24) is 0 Å². The third-order valence-corrected chi connectivity index (χ3v) is 2.53. The van der Waals surface area contributed by atoms with Crippen LogP contribution in [-0.2, 0) is 19.4 Å². The van der Waals surface area contributed by atoms with Crippen LogP contribution in [0.25, 0.3) is 0 Å². The molecule has 0 saturated heterocycles. The van der Waals surface area contributed by atoms with Gasteiger partial charge in [0, 0.05) is 0 Å². The van der Waals surface area contributed by atoms with E-state index in [-0.39, 0.29) is 0 Å². The van der Waals surface area contributed by atoms with Gasteiger partial charge in [-0.3, -0.25) is 4.99 Å².